The molecule has 0 aliphatic heterocycles. The molecule has 0 amide bonds. The second-order valence-corrected chi connectivity index (χ2v) is 7.92. The lowest BCUT2D eigenvalue weighted by Crippen LogP contribution is -2.26. The van der Waals surface area contributed by atoms with Crippen molar-refractivity contribution in [2.45, 2.75) is 12.3 Å². The Bertz CT molecular complexity index is 298. The van der Waals surface area contributed by atoms with Gasteiger partial charge in [0.1, 0.15) is 7.14 Å². The summed E-state index contributed by atoms with van der Waals surface area (Å²) in [6, 6.07) is 0. The van der Waals surface area contributed by atoms with E-state index in [1.807, 2.05) is 0 Å². The zero-order valence-corrected chi connectivity index (χ0v) is 10.8. The third kappa shape index (κ3) is 3.58. The number of rotatable bonds is 6. The molecule has 1 unspecified atom stereocenters. The molecule has 3 atom stereocenters. The van der Waals surface area contributed by atoms with E-state index in [4.69, 9.17) is 9.84 Å². The number of aliphatic hydroxyl groups excluding tert-OH is 1. The zero-order chi connectivity index (χ0) is 12.3. The molecule has 6 heteroatoms. The topological polar surface area (TPSA) is 72.8 Å². The molecule has 0 aromatic heterocycles. The molecule has 1 saturated carbocycles. The summed E-state index contributed by atoms with van der Waals surface area (Å²) < 4.78 is 21.7. The number of carbonyl (C=O) groups is 1. The first-order valence-electron chi connectivity index (χ1n) is 5.25. The Balaban J connectivity index is 2.46. The lowest BCUT2D eigenvalue weighted by Gasteiger charge is -2.19. The van der Waals surface area contributed by atoms with Gasteiger partial charge in [0.15, 0.2) is 0 Å². The van der Waals surface area contributed by atoms with E-state index in [9.17, 15) is 9.36 Å². The van der Waals surface area contributed by atoms with Crippen LogP contribution in [0.1, 0.15) is 6.42 Å². The minimum absolute atomic E-state index is 0.146. The maximum absolute atomic E-state index is 11.8. The van der Waals surface area contributed by atoms with Crippen LogP contribution in [0.15, 0.2) is 0 Å². The van der Waals surface area contributed by atoms with Crippen molar-refractivity contribution in [1.29, 1.82) is 0 Å². The molecule has 1 N–H and O–H groups in total. The van der Waals surface area contributed by atoms with E-state index in [2.05, 4.69) is 4.74 Å². The van der Waals surface area contributed by atoms with Crippen LogP contribution in [0.4, 0.5) is 0 Å². The lowest BCUT2D eigenvalue weighted by molar-refractivity contribution is -0.149. The largest absolute Gasteiger partial charge is 0.467 e. The molecule has 5 nitrogen and oxygen atoms in total. The average Bonchev–Trinajstić information content (AvgIpc) is 2.94. The van der Waals surface area contributed by atoms with Crippen molar-refractivity contribution in [2.75, 3.05) is 33.7 Å². The van der Waals surface area contributed by atoms with Crippen LogP contribution in [0.2, 0.25) is 0 Å². The molecule has 0 saturated heterocycles. The predicted octanol–water partition coefficient (Wildman–Crippen LogP) is 0.753. The van der Waals surface area contributed by atoms with E-state index < -0.39 is 19.0 Å². The maximum Gasteiger partial charge on any atom is 0.342 e. The molecule has 0 heterocycles. The highest BCUT2D eigenvalue weighted by Gasteiger charge is 2.39. The first-order chi connectivity index (χ1) is 7.40. The summed E-state index contributed by atoms with van der Waals surface area (Å²) in [4.78, 5) is 11.4. The van der Waals surface area contributed by atoms with E-state index in [1.54, 1.807) is 0 Å². The number of hydrogen-bond donors (Lipinski definition) is 1. The van der Waals surface area contributed by atoms with Crippen LogP contribution < -0.4 is 0 Å². The molecule has 0 aromatic carbocycles. The molecule has 1 fully saturated rings. The van der Waals surface area contributed by atoms with Crippen molar-refractivity contribution in [3.63, 3.8) is 0 Å². The normalized spacial score (nSPS) is 26.2. The van der Waals surface area contributed by atoms with Gasteiger partial charge in [-0.1, -0.05) is 0 Å². The van der Waals surface area contributed by atoms with Gasteiger partial charge < -0.3 is 19.1 Å². The number of esters is 1. The van der Waals surface area contributed by atoms with Crippen molar-refractivity contribution in [1.82, 2.24) is 0 Å². The standard InChI is InChI=1S/C10H19O5P/c1-14-9(12)10(16(2,3)13)15-6-8-4-7(8)5-11/h7-8,10-11H,4-6H2,1-3H3/t7-,8+,10?/m1/s1. The van der Waals surface area contributed by atoms with Gasteiger partial charge in [-0.25, -0.2) is 4.79 Å². The Labute approximate surface area is 95.5 Å². The first kappa shape index (κ1) is 13.7. The minimum atomic E-state index is -2.66. The third-order valence-electron chi connectivity index (χ3n) is 2.74. The summed E-state index contributed by atoms with van der Waals surface area (Å²) in [5, 5.41) is 8.85. The van der Waals surface area contributed by atoms with Crippen LogP contribution >= 0.6 is 7.14 Å². The average molecular weight is 250 g/mol. The summed E-state index contributed by atoms with van der Waals surface area (Å²) in [6.07, 6.45) is 0.905. The van der Waals surface area contributed by atoms with Crippen LogP contribution in [0.3, 0.4) is 0 Å². The van der Waals surface area contributed by atoms with Crippen molar-refractivity contribution in [3.8, 4) is 0 Å². The smallest absolute Gasteiger partial charge is 0.342 e. The summed E-state index contributed by atoms with van der Waals surface area (Å²) in [7, 11) is -1.41. The summed E-state index contributed by atoms with van der Waals surface area (Å²) in [5.74, 6) is -1.01. The van der Waals surface area contributed by atoms with E-state index in [0.29, 0.717) is 6.61 Å². The molecular formula is C10H19O5P. The Kier molecular flexibility index (Phi) is 4.53. The summed E-state index contributed by atoms with van der Waals surface area (Å²) >= 11 is 0. The Morgan fingerprint density at radius 1 is 1.50 bits per heavy atom. The predicted molar refractivity (Wildman–Crippen MR) is 59.9 cm³/mol. The van der Waals surface area contributed by atoms with Crippen LogP contribution in [0.25, 0.3) is 0 Å². The van der Waals surface area contributed by atoms with Gasteiger partial charge in [-0.2, -0.15) is 0 Å². The zero-order valence-electron chi connectivity index (χ0n) is 9.88. The van der Waals surface area contributed by atoms with Crippen LogP contribution in [-0.4, -0.2) is 50.6 Å². The van der Waals surface area contributed by atoms with Gasteiger partial charge in [0.2, 0.25) is 5.85 Å². The van der Waals surface area contributed by atoms with Crippen molar-refractivity contribution in [2.24, 2.45) is 11.8 Å². The fourth-order valence-electron chi connectivity index (χ4n) is 1.55. The highest BCUT2D eigenvalue weighted by molar-refractivity contribution is 7.63. The second-order valence-electron chi connectivity index (χ2n) is 4.58. The molecule has 94 valence electrons. The maximum atomic E-state index is 11.8. The lowest BCUT2D eigenvalue weighted by atomic mass is 10.3. The van der Waals surface area contributed by atoms with Gasteiger partial charge in [0, 0.05) is 6.61 Å². The molecule has 1 rings (SSSR count). The van der Waals surface area contributed by atoms with E-state index in [0.717, 1.165) is 6.42 Å². The highest BCUT2D eigenvalue weighted by atomic mass is 31.2. The Hall–Kier alpha value is -0.380. The molecule has 0 bridgehead atoms. The summed E-state index contributed by atoms with van der Waals surface area (Å²) in [6.45, 7) is 3.51. The van der Waals surface area contributed by atoms with E-state index >= 15 is 0 Å². The SMILES string of the molecule is COC(=O)C(OC[C@@H]1C[C@@H]1CO)P(C)(C)=O. The highest BCUT2D eigenvalue weighted by Crippen LogP contribution is 2.45. The monoisotopic (exact) mass is 250 g/mol. The Morgan fingerprint density at radius 3 is 2.50 bits per heavy atom. The fourth-order valence-corrected chi connectivity index (χ4v) is 2.61. The quantitative estimate of drug-likeness (QED) is 0.556. The van der Waals surface area contributed by atoms with Gasteiger partial charge in [-0.05, 0) is 31.6 Å². The fraction of sp³-hybridized carbons (Fsp3) is 0.900. The first-order valence-corrected chi connectivity index (χ1v) is 7.92. The van der Waals surface area contributed by atoms with Gasteiger partial charge in [0.25, 0.3) is 0 Å². The third-order valence-corrected chi connectivity index (χ3v) is 4.23. The van der Waals surface area contributed by atoms with Crippen LogP contribution in [-0.2, 0) is 18.8 Å². The molecule has 16 heavy (non-hydrogen) atoms. The number of ether oxygens (including phenoxy) is 2. The Morgan fingerprint density at radius 2 is 2.12 bits per heavy atom. The number of aliphatic hydroxyl groups is 1. The minimum Gasteiger partial charge on any atom is -0.467 e. The van der Waals surface area contributed by atoms with E-state index in [-0.39, 0.29) is 18.4 Å². The molecule has 0 radical (unpaired) electrons. The second kappa shape index (κ2) is 5.30. The number of methoxy groups -OCH3 is 1. The van der Waals surface area contributed by atoms with Crippen molar-refractivity contribution in [3.05, 3.63) is 0 Å². The van der Waals surface area contributed by atoms with Gasteiger partial charge in [-0.15, -0.1) is 0 Å². The van der Waals surface area contributed by atoms with E-state index in [1.165, 1.54) is 20.4 Å². The molecular weight excluding hydrogens is 231 g/mol. The van der Waals surface area contributed by atoms with Gasteiger partial charge in [0.05, 0.1) is 13.7 Å². The molecule has 1 aliphatic carbocycles. The van der Waals surface area contributed by atoms with Gasteiger partial charge >= 0.3 is 5.97 Å². The van der Waals surface area contributed by atoms with Crippen molar-refractivity contribution >= 4 is 13.1 Å². The summed E-state index contributed by atoms with van der Waals surface area (Å²) in [5.41, 5.74) is 0. The van der Waals surface area contributed by atoms with Crippen LogP contribution in [0.5, 0.6) is 0 Å². The number of hydrogen-bond acceptors (Lipinski definition) is 5. The molecule has 0 aromatic rings. The molecule has 1 aliphatic rings. The van der Waals surface area contributed by atoms with Crippen LogP contribution in [0, 0.1) is 11.8 Å². The van der Waals surface area contributed by atoms with Gasteiger partial charge in [-0.3, -0.25) is 0 Å². The number of carbonyl (C=O) groups excluding carboxylic acids is 1. The molecule has 0 spiro atoms. The van der Waals surface area contributed by atoms with Crippen molar-refractivity contribution < 1.29 is 23.9 Å².